The van der Waals surface area contributed by atoms with E-state index in [-0.39, 0.29) is 5.56 Å². The Bertz CT molecular complexity index is 629. The molecule has 2 aromatic heterocycles. The van der Waals surface area contributed by atoms with Crippen LogP contribution in [0.1, 0.15) is 45.2 Å². The van der Waals surface area contributed by atoms with Gasteiger partial charge in [-0.1, -0.05) is 26.2 Å². The normalized spacial score (nSPS) is 12.9. The predicted molar refractivity (Wildman–Crippen MR) is 85.8 cm³/mol. The van der Waals surface area contributed by atoms with Gasteiger partial charge in [-0.25, -0.2) is 4.52 Å². The second-order valence-electron chi connectivity index (χ2n) is 5.76. The fourth-order valence-electron chi connectivity index (χ4n) is 2.56. The molecular weight excluding hydrogens is 264 g/mol. The van der Waals surface area contributed by atoms with Gasteiger partial charge in [-0.2, -0.15) is 5.10 Å². The first kappa shape index (κ1) is 15.8. The molecule has 1 N–H and O–H groups in total. The van der Waals surface area contributed by atoms with Crippen LogP contribution >= 0.6 is 0 Å². The molecule has 116 valence electrons. The highest BCUT2D eigenvalue weighted by Gasteiger charge is 2.06. The van der Waals surface area contributed by atoms with Crippen LogP contribution in [0.25, 0.3) is 5.52 Å². The summed E-state index contributed by atoms with van der Waals surface area (Å²) in [7, 11) is 0. The third kappa shape index (κ3) is 4.17. The quantitative estimate of drug-likeness (QED) is 0.759. The van der Waals surface area contributed by atoms with Gasteiger partial charge in [0.2, 0.25) is 0 Å². The minimum Gasteiger partial charge on any atom is -0.312 e. The molecule has 0 amide bonds. The largest absolute Gasteiger partial charge is 0.312 e. The maximum absolute atomic E-state index is 12.3. The Labute approximate surface area is 126 Å². The summed E-state index contributed by atoms with van der Waals surface area (Å²) >= 11 is 0. The zero-order valence-electron chi connectivity index (χ0n) is 13.3. The Kier molecular flexibility index (Phi) is 5.56. The number of rotatable bonds is 8. The lowest BCUT2D eigenvalue weighted by Gasteiger charge is -2.14. The van der Waals surface area contributed by atoms with Crippen molar-refractivity contribution in [2.75, 3.05) is 6.54 Å². The number of fused-ring (bicyclic) bond motifs is 1. The maximum atomic E-state index is 12.3. The molecule has 0 saturated carbocycles. The summed E-state index contributed by atoms with van der Waals surface area (Å²) in [4.78, 5) is 12.3. The Morgan fingerprint density at radius 1 is 1.33 bits per heavy atom. The first-order valence-corrected chi connectivity index (χ1v) is 7.90. The van der Waals surface area contributed by atoms with Gasteiger partial charge in [0.25, 0.3) is 5.56 Å². The summed E-state index contributed by atoms with van der Waals surface area (Å²) in [6, 6.07) is 2.34. The molecule has 0 aromatic carbocycles. The van der Waals surface area contributed by atoms with E-state index >= 15 is 0 Å². The number of unbranched alkanes of at least 4 members (excludes halogenated alkanes) is 2. The zero-order chi connectivity index (χ0) is 15.2. The van der Waals surface area contributed by atoms with Crippen LogP contribution in [-0.4, -0.2) is 26.8 Å². The van der Waals surface area contributed by atoms with Crippen molar-refractivity contribution in [1.82, 2.24) is 19.5 Å². The third-order valence-electron chi connectivity index (χ3n) is 3.81. The van der Waals surface area contributed by atoms with Crippen molar-refractivity contribution in [3.05, 3.63) is 34.5 Å². The molecule has 2 rings (SSSR count). The molecule has 0 aliphatic rings. The number of hydrogen-bond donors (Lipinski definition) is 1. The SMILES string of the molecule is CCCCCC(C)NCCn1ccn2nc(C)cc2c1=O. The van der Waals surface area contributed by atoms with E-state index in [0.717, 1.165) is 12.2 Å². The molecule has 0 radical (unpaired) electrons. The van der Waals surface area contributed by atoms with E-state index in [4.69, 9.17) is 0 Å². The lowest BCUT2D eigenvalue weighted by molar-refractivity contribution is 0.467. The summed E-state index contributed by atoms with van der Waals surface area (Å²) < 4.78 is 3.40. The van der Waals surface area contributed by atoms with Crippen LogP contribution in [0.5, 0.6) is 0 Å². The standard InChI is InChI=1S/C16H26N4O/c1-4-5-6-7-13(2)17-8-9-19-10-11-20-15(16(19)21)12-14(3)18-20/h10-13,17H,4-9H2,1-3H3. The van der Waals surface area contributed by atoms with Gasteiger partial charge in [0.05, 0.1) is 5.69 Å². The molecule has 0 spiro atoms. The molecule has 2 heterocycles. The minimum atomic E-state index is 0.0264. The Morgan fingerprint density at radius 3 is 2.90 bits per heavy atom. The highest BCUT2D eigenvalue weighted by Crippen LogP contribution is 2.03. The van der Waals surface area contributed by atoms with Crippen molar-refractivity contribution in [3.63, 3.8) is 0 Å². The first-order chi connectivity index (χ1) is 10.1. The highest BCUT2D eigenvalue weighted by molar-refractivity contribution is 5.44. The van der Waals surface area contributed by atoms with Gasteiger partial charge in [-0.3, -0.25) is 4.79 Å². The summed E-state index contributed by atoms with van der Waals surface area (Å²) in [5.74, 6) is 0. The van der Waals surface area contributed by atoms with Gasteiger partial charge >= 0.3 is 0 Å². The number of nitrogens with one attached hydrogen (secondary N) is 1. The number of aromatic nitrogens is 3. The van der Waals surface area contributed by atoms with Crippen LogP contribution in [0, 0.1) is 6.92 Å². The molecule has 0 fully saturated rings. The van der Waals surface area contributed by atoms with E-state index < -0.39 is 0 Å². The second kappa shape index (κ2) is 7.41. The molecule has 0 saturated heterocycles. The average Bonchev–Trinajstić information content (AvgIpc) is 2.83. The summed E-state index contributed by atoms with van der Waals surface area (Å²) in [6.45, 7) is 7.84. The Hall–Kier alpha value is -1.62. The lowest BCUT2D eigenvalue weighted by Crippen LogP contribution is -2.32. The Balaban J connectivity index is 1.89. The monoisotopic (exact) mass is 290 g/mol. The molecule has 0 bridgehead atoms. The molecule has 2 aromatic rings. The average molecular weight is 290 g/mol. The van der Waals surface area contributed by atoms with Crippen molar-refractivity contribution < 1.29 is 0 Å². The number of aryl methyl sites for hydroxylation is 1. The number of hydrogen-bond acceptors (Lipinski definition) is 3. The van der Waals surface area contributed by atoms with E-state index in [9.17, 15) is 4.79 Å². The first-order valence-electron chi connectivity index (χ1n) is 7.90. The van der Waals surface area contributed by atoms with Gasteiger partial charge in [0.15, 0.2) is 0 Å². The smallest absolute Gasteiger partial charge is 0.276 e. The summed E-state index contributed by atoms with van der Waals surface area (Å²) in [5, 5.41) is 7.74. The fraction of sp³-hybridized carbons (Fsp3) is 0.625. The number of nitrogens with zero attached hydrogens (tertiary/aromatic N) is 3. The topological polar surface area (TPSA) is 51.3 Å². The lowest BCUT2D eigenvalue weighted by atomic mass is 10.1. The molecule has 0 aliphatic heterocycles. The van der Waals surface area contributed by atoms with Gasteiger partial charge in [-0.15, -0.1) is 0 Å². The van der Waals surface area contributed by atoms with Crippen LogP contribution in [0.2, 0.25) is 0 Å². The highest BCUT2D eigenvalue weighted by atomic mass is 16.1. The van der Waals surface area contributed by atoms with E-state index in [0.29, 0.717) is 18.1 Å². The van der Waals surface area contributed by atoms with Gasteiger partial charge in [0.1, 0.15) is 5.52 Å². The minimum absolute atomic E-state index is 0.0264. The summed E-state index contributed by atoms with van der Waals surface area (Å²) in [6.07, 6.45) is 8.67. The van der Waals surface area contributed by atoms with Crippen molar-refractivity contribution in [2.45, 2.75) is 59.0 Å². The van der Waals surface area contributed by atoms with Crippen LogP contribution in [0.3, 0.4) is 0 Å². The maximum Gasteiger partial charge on any atom is 0.276 e. The molecule has 0 aliphatic carbocycles. The van der Waals surface area contributed by atoms with Crippen LogP contribution in [0.4, 0.5) is 0 Å². The Morgan fingerprint density at radius 2 is 2.14 bits per heavy atom. The fourth-order valence-corrected chi connectivity index (χ4v) is 2.56. The van der Waals surface area contributed by atoms with E-state index in [1.807, 2.05) is 25.4 Å². The van der Waals surface area contributed by atoms with Crippen molar-refractivity contribution in [1.29, 1.82) is 0 Å². The third-order valence-corrected chi connectivity index (χ3v) is 3.81. The zero-order valence-corrected chi connectivity index (χ0v) is 13.3. The van der Waals surface area contributed by atoms with Crippen molar-refractivity contribution in [3.8, 4) is 0 Å². The molecular formula is C16H26N4O. The molecule has 5 heteroatoms. The van der Waals surface area contributed by atoms with Crippen LogP contribution in [-0.2, 0) is 6.54 Å². The molecule has 21 heavy (non-hydrogen) atoms. The van der Waals surface area contributed by atoms with Crippen molar-refractivity contribution in [2.24, 2.45) is 0 Å². The molecule has 1 unspecified atom stereocenters. The van der Waals surface area contributed by atoms with E-state index in [2.05, 4.69) is 24.3 Å². The van der Waals surface area contributed by atoms with Gasteiger partial charge < -0.3 is 9.88 Å². The van der Waals surface area contributed by atoms with Crippen molar-refractivity contribution >= 4 is 5.52 Å². The summed E-state index contributed by atoms with van der Waals surface area (Å²) in [5.41, 5.74) is 1.54. The second-order valence-corrected chi connectivity index (χ2v) is 5.76. The van der Waals surface area contributed by atoms with Crippen LogP contribution in [0.15, 0.2) is 23.3 Å². The molecule has 5 nitrogen and oxygen atoms in total. The van der Waals surface area contributed by atoms with Gasteiger partial charge in [0, 0.05) is 31.5 Å². The predicted octanol–water partition coefficient (Wildman–Crippen LogP) is 2.36. The van der Waals surface area contributed by atoms with Gasteiger partial charge in [-0.05, 0) is 26.3 Å². The molecule has 1 atom stereocenters. The van der Waals surface area contributed by atoms with E-state index in [1.54, 1.807) is 9.08 Å². The van der Waals surface area contributed by atoms with Crippen LogP contribution < -0.4 is 10.9 Å². The van der Waals surface area contributed by atoms with E-state index in [1.165, 1.54) is 25.7 Å².